The molecule has 0 saturated heterocycles. The minimum Gasteiger partial charge on any atom is -0.480 e. The molecule has 1 atom stereocenters. The van der Waals surface area contributed by atoms with Crippen molar-refractivity contribution in [1.29, 1.82) is 0 Å². The highest BCUT2D eigenvalue weighted by molar-refractivity contribution is 5.75. The molecule has 0 bridgehead atoms. The summed E-state index contributed by atoms with van der Waals surface area (Å²) in [4.78, 5) is 10.1. The maximum Gasteiger partial charge on any atom is 0.320 e. The predicted octanol–water partition coefficient (Wildman–Crippen LogP) is -1.66. The Labute approximate surface area is 68.5 Å². The third-order valence-electron chi connectivity index (χ3n) is 1.29. The number of carboxylic acid groups (broad SMARTS) is 1. The number of nitrogens with two attached hydrogens (primary N) is 2. The van der Waals surface area contributed by atoms with E-state index < -0.39 is 12.0 Å². The van der Waals surface area contributed by atoms with E-state index in [1.807, 2.05) is 0 Å². The van der Waals surface area contributed by atoms with E-state index in [1.165, 1.54) is 0 Å². The Morgan fingerprint density at radius 2 is 2.00 bits per heavy atom. The topological polar surface area (TPSA) is 89.3 Å². The maximum absolute atomic E-state index is 10.1. The summed E-state index contributed by atoms with van der Waals surface area (Å²) in [6.45, 7) is 0.604. The average molecular weight is 160 g/mol. The van der Waals surface area contributed by atoms with Gasteiger partial charge in [0.15, 0.2) is 0 Å². The minimum absolute atomic E-state index is 0. The summed E-state index contributed by atoms with van der Waals surface area (Å²) < 4.78 is 0. The van der Waals surface area contributed by atoms with E-state index in [1.54, 1.807) is 0 Å². The van der Waals surface area contributed by atoms with Crippen LogP contribution in [-0.2, 0) is 4.79 Å². The number of hydrogen-bond donors (Lipinski definition) is 3. The Morgan fingerprint density at radius 3 is 2.36 bits per heavy atom. The van der Waals surface area contributed by atoms with Crippen LogP contribution in [0.3, 0.4) is 0 Å². The van der Waals surface area contributed by atoms with Gasteiger partial charge in [0, 0.05) is 0 Å². The predicted molar refractivity (Wildman–Crippen MR) is 48.5 cm³/mol. The van der Waals surface area contributed by atoms with Crippen molar-refractivity contribution in [3.8, 4) is 0 Å². The molecule has 0 radical (unpaired) electrons. The van der Waals surface area contributed by atoms with Crippen molar-refractivity contribution in [1.82, 2.24) is 0 Å². The van der Waals surface area contributed by atoms with Gasteiger partial charge in [-0.2, -0.15) is 0 Å². The third kappa shape index (κ3) is 7.35. The van der Waals surface area contributed by atoms with Crippen molar-refractivity contribution in [2.24, 2.45) is 11.5 Å². The molecular weight excluding hydrogens is 143 g/mol. The second kappa shape index (κ2) is 7.56. The Balaban J connectivity index is 0. The van der Waals surface area contributed by atoms with Crippen molar-refractivity contribution in [2.45, 2.75) is 25.3 Å². The van der Waals surface area contributed by atoms with Gasteiger partial charge in [0.05, 0.1) is 8.41 Å². The molecule has 0 rings (SSSR count). The number of unbranched alkanes of at least 4 members (excludes halogenated alkanes) is 1. The molecule has 0 aliphatic carbocycles. The molecule has 0 fully saturated rings. The van der Waals surface area contributed by atoms with Crippen molar-refractivity contribution < 1.29 is 9.90 Å². The number of carboxylic acids is 1. The van der Waals surface area contributed by atoms with Crippen LogP contribution in [0.15, 0.2) is 0 Å². The lowest BCUT2D eigenvalue weighted by Gasteiger charge is -2.03. The van der Waals surface area contributed by atoms with E-state index in [-0.39, 0.29) is 8.41 Å². The molecule has 1 unspecified atom stereocenters. The molecule has 0 heterocycles. The van der Waals surface area contributed by atoms with Crippen molar-refractivity contribution in [2.75, 3.05) is 6.54 Å². The smallest absolute Gasteiger partial charge is 0.320 e. The van der Waals surface area contributed by atoms with E-state index in [2.05, 4.69) is 0 Å². The first kappa shape index (κ1) is 13.1. The van der Waals surface area contributed by atoms with Gasteiger partial charge in [0.2, 0.25) is 0 Å². The highest BCUT2D eigenvalue weighted by atomic mass is 16.4. The number of aliphatic carboxylic acids is 1. The number of carbonyl (C=O) groups is 1. The Morgan fingerprint density at radius 1 is 1.45 bits per heavy atom. The molecule has 5 N–H and O–H groups in total. The summed E-state index contributed by atoms with van der Waals surface area (Å²) >= 11 is 0. The summed E-state index contributed by atoms with van der Waals surface area (Å²) in [5, 5.41) is 8.33. The number of rotatable bonds is 5. The molecule has 0 aliphatic heterocycles. The van der Waals surface area contributed by atoms with Gasteiger partial charge in [0.1, 0.15) is 6.04 Å². The maximum atomic E-state index is 10.1. The first-order valence-electron chi connectivity index (χ1n) is 3.37. The lowest BCUT2D eigenvalue weighted by Crippen LogP contribution is -2.29. The van der Waals surface area contributed by atoms with E-state index in [4.69, 9.17) is 16.6 Å². The van der Waals surface area contributed by atoms with Crippen molar-refractivity contribution >= 4 is 14.4 Å². The van der Waals surface area contributed by atoms with Crippen LogP contribution in [0.4, 0.5) is 0 Å². The minimum atomic E-state index is -0.933. The SMILES string of the molecule is B.NCCCCC(N)C(=O)O. The second-order valence-corrected chi connectivity index (χ2v) is 2.23. The normalized spacial score (nSPS) is 11.8. The molecule has 0 aromatic rings. The van der Waals surface area contributed by atoms with Crippen LogP contribution in [0.5, 0.6) is 0 Å². The molecule has 0 amide bonds. The number of hydrogen-bond acceptors (Lipinski definition) is 3. The molecule has 0 saturated carbocycles. The fourth-order valence-electron chi connectivity index (χ4n) is 0.632. The summed E-state index contributed by atoms with van der Waals surface area (Å²) in [6.07, 6.45) is 2.16. The van der Waals surface area contributed by atoms with Crippen LogP contribution in [0.2, 0.25) is 0 Å². The fraction of sp³-hybridized carbons (Fsp3) is 0.833. The Kier molecular flexibility index (Phi) is 8.99. The van der Waals surface area contributed by atoms with Crippen LogP contribution < -0.4 is 11.5 Å². The van der Waals surface area contributed by atoms with Gasteiger partial charge in [-0.1, -0.05) is 6.42 Å². The van der Waals surface area contributed by atoms with E-state index in [0.29, 0.717) is 13.0 Å². The zero-order chi connectivity index (χ0) is 7.98. The summed E-state index contributed by atoms with van der Waals surface area (Å²) in [5.41, 5.74) is 10.4. The molecule has 0 aromatic heterocycles. The molecule has 0 aromatic carbocycles. The molecule has 66 valence electrons. The Hall–Kier alpha value is -0.545. The first-order valence-corrected chi connectivity index (χ1v) is 3.37. The van der Waals surface area contributed by atoms with Crippen LogP contribution in [0.1, 0.15) is 19.3 Å². The van der Waals surface area contributed by atoms with Crippen LogP contribution in [-0.4, -0.2) is 32.1 Å². The van der Waals surface area contributed by atoms with Gasteiger partial charge in [-0.25, -0.2) is 0 Å². The van der Waals surface area contributed by atoms with Gasteiger partial charge < -0.3 is 16.6 Å². The van der Waals surface area contributed by atoms with E-state index in [9.17, 15) is 4.79 Å². The lowest BCUT2D eigenvalue weighted by molar-refractivity contribution is -0.138. The van der Waals surface area contributed by atoms with Crippen molar-refractivity contribution in [3.63, 3.8) is 0 Å². The first-order chi connectivity index (χ1) is 4.68. The highest BCUT2D eigenvalue weighted by Crippen LogP contribution is 1.96. The molecule has 0 spiro atoms. The van der Waals surface area contributed by atoms with Gasteiger partial charge in [-0.15, -0.1) is 0 Å². The molecule has 4 nitrogen and oxygen atoms in total. The zero-order valence-electron chi connectivity index (χ0n) is 5.92. The fourth-order valence-corrected chi connectivity index (χ4v) is 0.632. The van der Waals surface area contributed by atoms with Gasteiger partial charge in [0.25, 0.3) is 0 Å². The highest BCUT2D eigenvalue weighted by Gasteiger charge is 2.09. The second-order valence-electron chi connectivity index (χ2n) is 2.23. The third-order valence-corrected chi connectivity index (χ3v) is 1.29. The van der Waals surface area contributed by atoms with Crippen LogP contribution in [0, 0.1) is 0 Å². The zero-order valence-corrected chi connectivity index (χ0v) is 5.92. The van der Waals surface area contributed by atoms with E-state index in [0.717, 1.165) is 12.8 Å². The van der Waals surface area contributed by atoms with Crippen LogP contribution >= 0.6 is 0 Å². The van der Waals surface area contributed by atoms with Crippen LogP contribution in [0.25, 0.3) is 0 Å². The average Bonchev–Trinajstić information content (AvgIpc) is 1.88. The van der Waals surface area contributed by atoms with Gasteiger partial charge >= 0.3 is 5.97 Å². The quantitative estimate of drug-likeness (QED) is 0.331. The van der Waals surface area contributed by atoms with Gasteiger partial charge in [-0.05, 0) is 19.4 Å². The summed E-state index contributed by atoms with van der Waals surface area (Å²) in [6, 6.07) is -0.716. The van der Waals surface area contributed by atoms with Gasteiger partial charge in [-0.3, -0.25) is 4.79 Å². The van der Waals surface area contributed by atoms with Crippen molar-refractivity contribution in [3.05, 3.63) is 0 Å². The standard InChI is InChI=1S/C6H14N2O2.BH3/c7-4-2-1-3-5(8)6(9)10;/h5H,1-4,7-8H2,(H,9,10);1H3. The molecule has 11 heavy (non-hydrogen) atoms. The lowest BCUT2D eigenvalue weighted by atomic mass is 10.1. The summed E-state index contributed by atoms with van der Waals surface area (Å²) in [7, 11) is 0. The molecule has 0 aliphatic rings. The Bertz CT molecular complexity index is 111. The summed E-state index contributed by atoms with van der Waals surface area (Å²) in [5.74, 6) is -0.933. The molecular formula is C6H17BN2O2. The monoisotopic (exact) mass is 160 g/mol. The molecule has 5 heteroatoms. The van der Waals surface area contributed by atoms with E-state index >= 15 is 0 Å². The largest absolute Gasteiger partial charge is 0.480 e.